The Labute approximate surface area is 181 Å². The molecule has 1 atom stereocenters. The SMILES string of the molecule is O=C(O)C(Cc1ccccc1)C(CCc1ccccc1)(C1CCCC1)C1CCCC1. The van der Waals surface area contributed by atoms with E-state index >= 15 is 0 Å². The van der Waals surface area contributed by atoms with E-state index in [1.807, 2.05) is 18.2 Å². The number of aryl methyl sites for hydroxylation is 1. The Hall–Kier alpha value is -2.09. The van der Waals surface area contributed by atoms with Crippen LogP contribution in [0.15, 0.2) is 60.7 Å². The van der Waals surface area contributed by atoms with Gasteiger partial charge in [-0.2, -0.15) is 0 Å². The molecule has 0 aromatic heterocycles. The molecule has 0 spiro atoms. The van der Waals surface area contributed by atoms with Crippen LogP contribution >= 0.6 is 0 Å². The molecule has 0 amide bonds. The molecule has 0 saturated heterocycles. The van der Waals surface area contributed by atoms with E-state index in [0.29, 0.717) is 18.3 Å². The maximum Gasteiger partial charge on any atom is 0.307 e. The van der Waals surface area contributed by atoms with Crippen LogP contribution < -0.4 is 0 Å². The molecule has 4 rings (SSSR count). The lowest BCUT2D eigenvalue weighted by molar-refractivity contribution is -0.152. The number of hydrogen-bond acceptors (Lipinski definition) is 1. The second kappa shape index (κ2) is 9.81. The van der Waals surface area contributed by atoms with Crippen molar-refractivity contribution < 1.29 is 9.90 Å². The highest BCUT2D eigenvalue weighted by atomic mass is 16.4. The number of benzene rings is 2. The molecule has 2 aromatic carbocycles. The van der Waals surface area contributed by atoms with Gasteiger partial charge in [0.1, 0.15) is 0 Å². The highest BCUT2D eigenvalue weighted by molar-refractivity contribution is 5.72. The first-order chi connectivity index (χ1) is 14.7. The smallest absolute Gasteiger partial charge is 0.307 e. The van der Waals surface area contributed by atoms with Crippen LogP contribution in [-0.2, 0) is 17.6 Å². The van der Waals surface area contributed by atoms with Gasteiger partial charge >= 0.3 is 5.97 Å². The van der Waals surface area contributed by atoms with Gasteiger partial charge in [0.2, 0.25) is 0 Å². The third-order valence-electron chi connectivity index (χ3n) is 8.15. The number of hydrogen-bond donors (Lipinski definition) is 1. The lowest BCUT2D eigenvalue weighted by Gasteiger charge is -2.49. The zero-order valence-corrected chi connectivity index (χ0v) is 18.1. The molecule has 2 saturated carbocycles. The third-order valence-corrected chi connectivity index (χ3v) is 8.15. The van der Waals surface area contributed by atoms with E-state index in [-0.39, 0.29) is 11.3 Å². The fraction of sp³-hybridized carbons (Fsp3) is 0.536. The van der Waals surface area contributed by atoms with Crippen molar-refractivity contribution in [1.29, 1.82) is 0 Å². The van der Waals surface area contributed by atoms with Crippen LogP contribution in [0, 0.1) is 23.2 Å². The summed E-state index contributed by atoms with van der Waals surface area (Å²) < 4.78 is 0. The summed E-state index contributed by atoms with van der Waals surface area (Å²) in [6.45, 7) is 0. The summed E-state index contributed by atoms with van der Waals surface area (Å²) in [5.74, 6) is 0.226. The Balaban J connectivity index is 1.73. The zero-order valence-electron chi connectivity index (χ0n) is 18.1. The summed E-state index contributed by atoms with van der Waals surface area (Å²) in [7, 11) is 0. The van der Waals surface area contributed by atoms with Crippen molar-refractivity contribution in [2.24, 2.45) is 23.2 Å². The Bertz CT molecular complexity index is 770. The molecule has 30 heavy (non-hydrogen) atoms. The van der Waals surface area contributed by atoms with E-state index in [1.165, 1.54) is 62.5 Å². The van der Waals surface area contributed by atoms with Gasteiger partial charge in [0, 0.05) is 0 Å². The van der Waals surface area contributed by atoms with E-state index < -0.39 is 5.97 Å². The Morgan fingerprint density at radius 2 is 1.27 bits per heavy atom. The van der Waals surface area contributed by atoms with Crippen molar-refractivity contribution in [1.82, 2.24) is 0 Å². The first-order valence-corrected chi connectivity index (χ1v) is 12.0. The van der Waals surface area contributed by atoms with E-state index in [1.54, 1.807) is 0 Å². The van der Waals surface area contributed by atoms with Crippen LogP contribution in [0.3, 0.4) is 0 Å². The van der Waals surface area contributed by atoms with Crippen molar-refractivity contribution in [3.63, 3.8) is 0 Å². The molecule has 1 unspecified atom stereocenters. The molecule has 0 radical (unpaired) electrons. The normalized spacial score (nSPS) is 19.2. The van der Waals surface area contributed by atoms with E-state index in [2.05, 4.69) is 42.5 Å². The van der Waals surface area contributed by atoms with Crippen LogP contribution in [0.2, 0.25) is 0 Å². The van der Waals surface area contributed by atoms with E-state index in [0.717, 1.165) is 12.8 Å². The van der Waals surface area contributed by atoms with Crippen molar-refractivity contribution in [2.75, 3.05) is 0 Å². The fourth-order valence-corrected chi connectivity index (χ4v) is 6.77. The largest absolute Gasteiger partial charge is 0.481 e. The summed E-state index contributed by atoms with van der Waals surface area (Å²) in [5.41, 5.74) is 2.43. The molecular formula is C28H36O2. The molecule has 2 aliphatic rings. The topological polar surface area (TPSA) is 37.3 Å². The highest BCUT2D eigenvalue weighted by Gasteiger charge is 2.53. The maximum absolute atomic E-state index is 12.9. The lowest BCUT2D eigenvalue weighted by atomic mass is 9.54. The van der Waals surface area contributed by atoms with Crippen LogP contribution in [0.4, 0.5) is 0 Å². The first-order valence-electron chi connectivity index (χ1n) is 12.0. The van der Waals surface area contributed by atoms with Crippen molar-refractivity contribution >= 4 is 5.97 Å². The predicted molar refractivity (Wildman–Crippen MR) is 122 cm³/mol. The molecule has 0 bridgehead atoms. The summed E-state index contributed by atoms with van der Waals surface area (Å²) in [5, 5.41) is 10.6. The zero-order chi connectivity index (χ0) is 20.8. The summed E-state index contributed by atoms with van der Waals surface area (Å²) >= 11 is 0. The quantitative estimate of drug-likeness (QED) is 0.492. The molecule has 1 N–H and O–H groups in total. The molecule has 2 heteroatoms. The van der Waals surface area contributed by atoms with E-state index in [9.17, 15) is 9.90 Å². The fourth-order valence-electron chi connectivity index (χ4n) is 6.77. The lowest BCUT2D eigenvalue weighted by Crippen LogP contribution is -2.47. The number of rotatable bonds is 9. The number of aliphatic carboxylic acids is 1. The Morgan fingerprint density at radius 1 is 0.800 bits per heavy atom. The molecule has 2 fully saturated rings. The number of carbonyl (C=O) groups is 1. The molecular weight excluding hydrogens is 368 g/mol. The average Bonchev–Trinajstić information content (AvgIpc) is 3.50. The summed E-state index contributed by atoms with van der Waals surface area (Å²) in [6, 6.07) is 21.1. The van der Waals surface area contributed by atoms with Crippen LogP contribution in [0.1, 0.15) is 68.9 Å². The molecule has 2 aromatic rings. The third kappa shape index (κ3) is 4.48. The highest BCUT2D eigenvalue weighted by Crippen LogP contribution is 2.58. The molecule has 160 valence electrons. The Kier molecular flexibility index (Phi) is 6.92. The average molecular weight is 405 g/mol. The van der Waals surface area contributed by atoms with Crippen molar-refractivity contribution in [3.05, 3.63) is 71.8 Å². The second-order valence-corrected chi connectivity index (χ2v) is 9.64. The van der Waals surface area contributed by atoms with Gasteiger partial charge < -0.3 is 5.11 Å². The summed E-state index contributed by atoms with van der Waals surface area (Å²) in [6.07, 6.45) is 12.6. The molecule has 0 heterocycles. The monoisotopic (exact) mass is 404 g/mol. The maximum atomic E-state index is 12.9. The van der Waals surface area contributed by atoms with Crippen LogP contribution in [0.25, 0.3) is 0 Å². The van der Waals surface area contributed by atoms with Crippen molar-refractivity contribution in [2.45, 2.75) is 70.6 Å². The van der Waals surface area contributed by atoms with Crippen LogP contribution in [0.5, 0.6) is 0 Å². The summed E-state index contributed by atoms with van der Waals surface area (Å²) in [4.78, 5) is 12.9. The molecule has 2 aliphatic carbocycles. The standard InChI is InChI=1S/C28H36O2/c29-27(30)26(21-23-13-5-2-6-14-23)28(24-15-7-8-16-24,25-17-9-10-18-25)20-19-22-11-3-1-4-12-22/h1-6,11-14,24-26H,7-10,15-21H2,(H,29,30). The van der Waals surface area contributed by atoms with Gasteiger partial charge in [0.05, 0.1) is 5.92 Å². The van der Waals surface area contributed by atoms with Gasteiger partial charge in [-0.1, -0.05) is 86.3 Å². The minimum atomic E-state index is -0.578. The molecule has 0 aliphatic heterocycles. The van der Waals surface area contributed by atoms with Gasteiger partial charge in [-0.05, 0) is 73.3 Å². The van der Waals surface area contributed by atoms with Gasteiger partial charge in [0.15, 0.2) is 0 Å². The Morgan fingerprint density at radius 3 is 1.73 bits per heavy atom. The predicted octanol–water partition coefficient (Wildman–Crippen LogP) is 6.93. The van der Waals surface area contributed by atoms with E-state index in [4.69, 9.17) is 0 Å². The van der Waals surface area contributed by atoms with Crippen molar-refractivity contribution in [3.8, 4) is 0 Å². The minimum Gasteiger partial charge on any atom is -0.481 e. The van der Waals surface area contributed by atoms with Crippen LogP contribution in [-0.4, -0.2) is 11.1 Å². The minimum absolute atomic E-state index is 0.0927. The number of carboxylic acids is 1. The van der Waals surface area contributed by atoms with Gasteiger partial charge in [-0.3, -0.25) is 4.79 Å². The first kappa shape index (κ1) is 21.2. The number of carboxylic acid groups (broad SMARTS) is 1. The van der Waals surface area contributed by atoms with Gasteiger partial charge in [-0.25, -0.2) is 0 Å². The molecule has 2 nitrogen and oxygen atoms in total. The van der Waals surface area contributed by atoms with Gasteiger partial charge in [0.25, 0.3) is 0 Å². The second-order valence-electron chi connectivity index (χ2n) is 9.64. The van der Waals surface area contributed by atoms with Gasteiger partial charge in [-0.15, -0.1) is 0 Å².